The van der Waals surface area contributed by atoms with Gasteiger partial charge in [0.25, 0.3) is 0 Å². The molecule has 0 radical (unpaired) electrons. The standard InChI is InChI=1S/C19H30O/c1-18-9-3-4-16(18)15-6-5-13-12-14(20)7-11-19(13,2)17(15)8-10-18/h3,9,13-17,20H,4-8,10-12H2,1-2H3/t13-,14-,15-,16-,17-,18-,19-/m0/s1/i14T. The summed E-state index contributed by atoms with van der Waals surface area (Å²) in [7, 11) is 0. The van der Waals surface area contributed by atoms with E-state index in [4.69, 9.17) is 1.37 Å². The van der Waals surface area contributed by atoms with Crippen LogP contribution in [0, 0.1) is 34.5 Å². The van der Waals surface area contributed by atoms with Gasteiger partial charge in [0.2, 0.25) is 0 Å². The van der Waals surface area contributed by atoms with Crippen LogP contribution in [0.2, 0.25) is 0 Å². The molecule has 0 aliphatic heterocycles. The molecule has 0 aromatic carbocycles. The van der Waals surface area contributed by atoms with Gasteiger partial charge in [0, 0.05) is 0 Å². The fourth-order valence-electron chi connectivity index (χ4n) is 6.54. The van der Waals surface area contributed by atoms with Crippen LogP contribution in [0.1, 0.15) is 66.6 Å². The summed E-state index contributed by atoms with van der Waals surface area (Å²) in [4.78, 5) is 0. The fraction of sp³-hybridized carbons (Fsp3) is 0.895. The molecular weight excluding hydrogens is 244 g/mol. The molecule has 1 N–H and O–H groups in total. The van der Waals surface area contributed by atoms with Crippen molar-refractivity contribution in [3.63, 3.8) is 0 Å². The van der Waals surface area contributed by atoms with Crippen LogP contribution in [0.15, 0.2) is 12.2 Å². The minimum Gasteiger partial charge on any atom is -0.393 e. The lowest BCUT2D eigenvalue weighted by Gasteiger charge is -2.60. The molecule has 112 valence electrons. The van der Waals surface area contributed by atoms with Crippen LogP contribution in [0.25, 0.3) is 0 Å². The Labute approximate surface area is 125 Å². The van der Waals surface area contributed by atoms with Crippen molar-refractivity contribution < 1.29 is 6.48 Å². The minimum absolute atomic E-state index is 0.389. The van der Waals surface area contributed by atoms with E-state index in [-0.39, 0.29) is 0 Å². The van der Waals surface area contributed by atoms with Gasteiger partial charge in [-0.2, -0.15) is 0 Å². The number of aliphatic hydroxyl groups is 1. The van der Waals surface area contributed by atoms with Gasteiger partial charge in [0.05, 0.1) is 7.45 Å². The zero-order valence-corrected chi connectivity index (χ0v) is 13.1. The van der Waals surface area contributed by atoms with Crippen molar-refractivity contribution in [2.75, 3.05) is 0 Å². The fourth-order valence-corrected chi connectivity index (χ4v) is 6.54. The average molecular weight is 276 g/mol. The predicted octanol–water partition coefficient (Wildman–Crippen LogP) is 4.56. The highest BCUT2D eigenvalue weighted by Gasteiger charge is 2.56. The number of hydrogen-bond acceptors (Lipinski definition) is 1. The topological polar surface area (TPSA) is 20.2 Å². The molecule has 1 heteroatoms. The van der Waals surface area contributed by atoms with Crippen LogP contribution in [0.5, 0.6) is 0 Å². The summed E-state index contributed by atoms with van der Waals surface area (Å²) in [6.45, 7) is 4.98. The highest BCUT2D eigenvalue weighted by atomic mass is 16.3. The third kappa shape index (κ3) is 1.71. The van der Waals surface area contributed by atoms with E-state index < -0.39 is 6.08 Å². The Morgan fingerprint density at radius 2 is 1.95 bits per heavy atom. The third-order valence-corrected chi connectivity index (χ3v) is 7.83. The van der Waals surface area contributed by atoms with Gasteiger partial charge in [-0.15, -0.1) is 0 Å². The first-order valence-electron chi connectivity index (χ1n) is 9.24. The molecule has 0 spiro atoms. The van der Waals surface area contributed by atoms with Gasteiger partial charge in [-0.1, -0.05) is 26.0 Å². The molecule has 4 aliphatic rings. The number of allylic oxidation sites excluding steroid dienone is 2. The van der Waals surface area contributed by atoms with Gasteiger partial charge in [-0.25, -0.2) is 0 Å². The highest BCUT2D eigenvalue weighted by Crippen LogP contribution is 2.64. The number of rotatable bonds is 0. The smallest absolute Gasteiger partial charge is 0.0600 e. The SMILES string of the molecule is [3H][C@]1(O)CC[C@@]2(C)[C@@H](CC[C@@H]3[C@@H]2CC[C@]2(C)C=CC[C@@H]32)C1. The molecule has 3 saturated carbocycles. The summed E-state index contributed by atoms with van der Waals surface area (Å²) in [5, 5.41) is 10.2. The summed E-state index contributed by atoms with van der Waals surface area (Å²) in [5.74, 6) is 3.17. The maximum Gasteiger partial charge on any atom is 0.0600 e. The van der Waals surface area contributed by atoms with E-state index in [1.165, 1.54) is 32.1 Å². The van der Waals surface area contributed by atoms with Crippen molar-refractivity contribution in [2.24, 2.45) is 34.5 Å². The Hall–Kier alpha value is -0.300. The van der Waals surface area contributed by atoms with Crippen LogP contribution in [-0.4, -0.2) is 11.2 Å². The summed E-state index contributed by atoms with van der Waals surface area (Å²) in [5.41, 5.74) is 0.856. The normalized spacial score (nSPS) is 62.2. The molecule has 20 heavy (non-hydrogen) atoms. The van der Waals surface area contributed by atoms with Gasteiger partial charge >= 0.3 is 0 Å². The molecule has 0 bridgehead atoms. The predicted molar refractivity (Wildman–Crippen MR) is 82.3 cm³/mol. The van der Waals surface area contributed by atoms with Crippen molar-refractivity contribution in [2.45, 2.75) is 71.3 Å². The lowest BCUT2D eigenvalue weighted by atomic mass is 9.45. The van der Waals surface area contributed by atoms with Crippen LogP contribution in [0.4, 0.5) is 0 Å². The second-order valence-corrected chi connectivity index (χ2v) is 8.61. The van der Waals surface area contributed by atoms with E-state index in [0.29, 0.717) is 29.6 Å². The number of fused-ring (bicyclic) bond motifs is 5. The lowest BCUT2D eigenvalue weighted by molar-refractivity contribution is -0.116. The Morgan fingerprint density at radius 1 is 1.10 bits per heavy atom. The van der Waals surface area contributed by atoms with E-state index in [0.717, 1.165) is 24.2 Å². The molecule has 0 aromatic heterocycles. The van der Waals surface area contributed by atoms with Crippen molar-refractivity contribution in [3.8, 4) is 0 Å². The van der Waals surface area contributed by atoms with Gasteiger partial charge in [0.15, 0.2) is 0 Å². The monoisotopic (exact) mass is 276 g/mol. The van der Waals surface area contributed by atoms with E-state index in [9.17, 15) is 5.11 Å². The molecule has 0 aromatic rings. The largest absolute Gasteiger partial charge is 0.393 e. The first-order valence-corrected chi connectivity index (χ1v) is 8.74. The Balaban J connectivity index is 1.62. The summed E-state index contributed by atoms with van der Waals surface area (Å²) in [6.07, 6.45) is 12.8. The van der Waals surface area contributed by atoms with Gasteiger partial charge < -0.3 is 5.11 Å². The minimum atomic E-state index is -1.14. The van der Waals surface area contributed by atoms with Crippen LogP contribution < -0.4 is 0 Å². The van der Waals surface area contributed by atoms with Crippen LogP contribution in [0.3, 0.4) is 0 Å². The van der Waals surface area contributed by atoms with Crippen molar-refractivity contribution in [3.05, 3.63) is 12.2 Å². The highest BCUT2D eigenvalue weighted by molar-refractivity contribution is 5.16. The van der Waals surface area contributed by atoms with E-state index in [1.807, 2.05) is 0 Å². The van der Waals surface area contributed by atoms with Gasteiger partial charge in [-0.3, -0.25) is 0 Å². The molecule has 0 amide bonds. The molecule has 4 rings (SSSR count). The summed E-state index contributed by atoms with van der Waals surface area (Å²) >= 11 is 0. The molecule has 3 fully saturated rings. The molecule has 0 saturated heterocycles. The Bertz CT molecular complexity index is 470. The molecule has 0 unspecified atom stereocenters. The average Bonchev–Trinajstić information content (AvgIpc) is 2.81. The molecular formula is C19H30O. The van der Waals surface area contributed by atoms with Gasteiger partial charge in [-0.05, 0) is 85.9 Å². The molecule has 0 heterocycles. The van der Waals surface area contributed by atoms with Crippen molar-refractivity contribution >= 4 is 0 Å². The lowest BCUT2D eigenvalue weighted by Crippen LogP contribution is -2.53. The van der Waals surface area contributed by atoms with Crippen molar-refractivity contribution in [1.82, 2.24) is 0 Å². The van der Waals surface area contributed by atoms with Crippen LogP contribution in [-0.2, 0) is 0 Å². The zero-order valence-electron chi connectivity index (χ0n) is 14.1. The maximum absolute atomic E-state index is 10.2. The molecule has 1 nitrogen and oxygen atoms in total. The Morgan fingerprint density at radius 3 is 2.80 bits per heavy atom. The summed E-state index contributed by atoms with van der Waals surface area (Å²) < 4.78 is 8.06. The molecule has 7 atom stereocenters. The second kappa shape index (κ2) is 4.35. The first-order chi connectivity index (χ1) is 9.84. The van der Waals surface area contributed by atoms with E-state index >= 15 is 0 Å². The summed E-state index contributed by atoms with van der Waals surface area (Å²) in [6, 6.07) is 0. The second-order valence-electron chi connectivity index (χ2n) is 8.61. The van der Waals surface area contributed by atoms with Crippen molar-refractivity contribution in [1.29, 1.82) is 0 Å². The van der Waals surface area contributed by atoms with E-state index in [2.05, 4.69) is 26.0 Å². The maximum atomic E-state index is 10.2. The first kappa shape index (κ1) is 12.3. The Kier molecular flexibility index (Phi) is 2.67. The molecule has 4 aliphatic carbocycles. The number of hydrogen-bond donors (Lipinski definition) is 1. The quantitative estimate of drug-likeness (QED) is 0.643. The van der Waals surface area contributed by atoms with E-state index in [1.54, 1.807) is 0 Å². The van der Waals surface area contributed by atoms with Gasteiger partial charge in [0.1, 0.15) is 0 Å². The third-order valence-electron chi connectivity index (χ3n) is 7.83. The van der Waals surface area contributed by atoms with Crippen LogP contribution >= 0.6 is 0 Å². The zero-order chi connectivity index (χ0) is 14.9.